The predicted molar refractivity (Wildman–Crippen MR) is 82.5 cm³/mol. The van der Waals surface area contributed by atoms with E-state index in [1.807, 2.05) is 20.8 Å². The van der Waals surface area contributed by atoms with E-state index in [-0.39, 0.29) is 10.3 Å². The van der Waals surface area contributed by atoms with Gasteiger partial charge < -0.3 is 5.32 Å². The molecule has 2 rings (SSSR count). The summed E-state index contributed by atoms with van der Waals surface area (Å²) in [7, 11) is -3.46. The third-order valence-corrected chi connectivity index (χ3v) is 4.64. The van der Waals surface area contributed by atoms with Crippen LogP contribution in [0.15, 0.2) is 17.3 Å². The van der Waals surface area contributed by atoms with E-state index in [1.54, 1.807) is 10.9 Å². The number of nitrogens with one attached hydrogen (secondary N) is 2. The summed E-state index contributed by atoms with van der Waals surface area (Å²) < 4.78 is 28.6. The summed E-state index contributed by atoms with van der Waals surface area (Å²) >= 11 is 0. The summed E-state index contributed by atoms with van der Waals surface area (Å²) in [6, 6.07) is 0.708. The van der Waals surface area contributed by atoms with Crippen molar-refractivity contribution in [2.45, 2.75) is 57.5 Å². The minimum atomic E-state index is -3.46. The Kier molecular flexibility index (Phi) is 5.06. The molecule has 0 radical (unpaired) electrons. The molecule has 1 aromatic rings. The Hall–Kier alpha value is -0.920. The van der Waals surface area contributed by atoms with Crippen molar-refractivity contribution in [3.05, 3.63) is 12.4 Å². The first-order valence-electron chi connectivity index (χ1n) is 7.52. The molecule has 1 aromatic heterocycles. The number of nitrogens with zero attached hydrogens (tertiary/aromatic N) is 2. The molecule has 2 N–H and O–H groups in total. The quantitative estimate of drug-likeness (QED) is 0.710. The van der Waals surface area contributed by atoms with Gasteiger partial charge in [0.25, 0.3) is 0 Å². The Morgan fingerprint density at radius 1 is 1.38 bits per heavy atom. The molecular formula is C14H26N4O2S. The van der Waals surface area contributed by atoms with E-state index in [0.717, 1.165) is 19.5 Å². The van der Waals surface area contributed by atoms with Gasteiger partial charge in [0, 0.05) is 25.3 Å². The predicted octanol–water partition coefficient (Wildman–Crippen LogP) is 1.35. The number of rotatable bonds is 8. The van der Waals surface area contributed by atoms with Crippen LogP contribution >= 0.6 is 0 Å². The summed E-state index contributed by atoms with van der Waals surface area (Å²) in [6.07, 6.45) is 6.53. The molecule has 0 unspecified atom stereocenters. The van der Waals surface area contributed by atoms with Crippen LogP contribution in [0.2, 0.25) is 0 Å². The highest BCUT2D eigenvalue weighted by atomic mass is 32.2. The topological polar surface area (TPSA) is 76.0 Å². The molecule has 0 bridgehead atoms. The fraction of sp³-hybridized carbons (Fsp3) is 0.786. The normalized spacial score (nSPS) is 16.3. The fourth-order valence-electron chi connectivity index (χ4n) is 1.84. The zero-order valence-corrected chi connectivity index (χ0v) is 13.9. The molecule has 120 valence electrons. The maximum atomic E-state index is 12.1. The Bertz CT molecular complexity index is 556. The van der Waals surface area contributed by atoms with Gasteiger partial charge in [0.05, 0.1) is 6.20 Å². The Morgan fingerprint density at radius 3 is 2.71 bits per heavy atom. The third kappa shape index (κ3) is 5.76. The van der Waals surface area contributed by atoms with Gasteiger partial charge in [0.2, 0.25) is 10.0 Å². The fourth-order valence-corrected chi connectivity index (χ4v) is 3.07. The summed E-state index contributed by atoms with van der Waals surface area (Å²) in [5.41, 5.74) is -0.0858. The van der Waals surface area contributed by atoms with Gasteiger partial charge in [0.15, 0.2) is 0 Å². The van der Waals surface area contributed by atoms with Gasteiger partial charge in [-0.15, -0.1) is 0 Å². The van der Waals surface area contributed by atoms with Gasteiger partial charge in [-0.05, 0) is 31.2 Å². The Morgan fingerprint density at radius 2 is 2.10 bits per heavy atom. The van der Waals surface area contributed by atoms with E-state index < -0.39 is 10.0 Å². The molecule has 7 heteroatoms. The van der Waals surface area contributed by atoms with E-state index in [1.165, 1.54) is 19.0 Å². The summed E-state index contributed by atoms with van der Waals surface area (Å²) in [6.45, 7) is 8.07. The largest absolute Gasteiger partial charge is 0.314 e. The van der Waals surface area contributed by atoms with Crippen LogP contribution in [0.4, 0.5) is 0 Å². The van der Waals surface area contributed by atoms with Crippen molar-refractivity contribution in [1.29, 1.82) is 0 Å². The summed E-state index contributed by atoms with van der Waals surface area (Å²) in [5.74, 6) is 0. The van der Waals surface area contributed by atoms with Gasteiger partial charge in [-0.1, -0.05) is 20.8 Å². The van der Waals surface area contributed by atoms with Gasteiger partial charge in [0.1, 0.15) is 4.90 Å². The standard InChI is InChI=1S/C14H26N4O2S/c1-14(2,3)11-17-21(19,20)13-9-16-18(10-13)8-4-7-15-12-5-6-12/h9-10,12,15,17H,4-8,11H2,1-3H3. The van der Waals surface area contributed by atoms with Crippen LogP contribution in [0, 0.1) is 5.41 Å². The maximum absolute atomic E-state index is 12.1. The van der Waals surface area contributed by atoms with Crippen molar-refractivity contribution in [3.8, 4) is 0 Å². The number of sulfonamides is 1. The van der Waals surface area contributed by atoms with Gasteiger partial charge in [-0.25, -0.2) is 13.1 Å². The zero-order chi connectivity index (χ0) is 15.5. The lowest BCUT2D eigenvalue weighted by molar-refractivity contribution is 0.407. The van der Waals surface area contributed by atoms with Crippen molar-refractivity contribution in [1.82, 2.24) is 19.8 Å². The highest BCUT2D eigenvalue weighted by molar-refractivity contribution is 7.89. The van der Waals surface area contributed by atoms with E-state index in [4.69, 9.17) is 0 Å². The average Bonchev–Trinajstić information content (AvgIpc) is 3.08. The monoisotopic (exact) mass is 314 g/mol. The van der Waals surface area contributed by atoms with Gasteiger partial charge in [-0.3, -0.25) is 4.68 Å². The van der Waals surface area contributed by atoms with Crippen molar-refractivity contribution in [3.63, 3.8) is 0 Å². The molecule has 1 saturated carbocycles. The molecule has 21 heavy (non-hydrogen) atoms. The lowest BCUT2D eigenvalue weighted by atomic mass is 9.98. The first-order valence-corrected chi connectivity index (χ1v) is 9.00. The molecule has 6 nitrogen and oxygen atoms in total. The van der Waals surface area contributed by atoms with Crippen LogP contribution in [0.25, 0.3) is 0 Å². The second-order valence-electron chi connectivity index (χ2n) is 6.91. The molecule has 1 heterocycles. The minimum absolute atomic E-state index is 0.0858. The molecule has 1 aliphatic carbocycles. The number of hydrogen-bond acceptors (Lipinski definition) is 4. The van der Waals surface area contributed by atoms with E-state index in [9.17, 15) is 8.42 Å². The second-order valence-corrected chi connectivity index (χ2v) is 8.67. The van der Waals surface area contributed by atoms with Crippen molar-refractivity contribution >= 4 is 10.0 Å². The van der Waals surface area contributed by atoms with Gasteiger partial charge in [-0.2, -0.15) is 5.10 Å². The number of aromatic nitrogens is 2. The van der Waals surface area contributed by atoms with E-state index in [0.29, 0.717) is 12.6 Å². The van der Waals surface area contributed by atoms with Crippen LogP contribution in [0.1, 0.15) is 40.0 Å². The molecule has 0 atom stereocenters. The van der Waals surface area contributed by atoms with Gasteiger partial charge >= 0.3 is 0 Å². The molecule has 1 aliphatic rings. The molecule has 0 amide bonds. The second kappa shape index (κ2) is 6.46. The van der Waals surface area contributed by atoms with Crippen LogP contribution in [0.5, 0.6) is 0 Å². The number of aryl methyl sites for hydroxylation is 1. The van der Waals surface area contributed by atoms with Crippen molar-refractivity contribution in [2.24, 2.45) is 5.41 Å². The highest BCUT2D eigenvalue weighted by Crippen LogP contribution is 2.18. The Labute approximate surface area is 127 Å². The zero-order valence-electron chi connectivity index (χ0n) is 13.1. The molecule has 0 aliphatic heterocycles. The summed E-state index contributed by atoms with van der Waals surface area (Å²) in [5, 5.41) is 7.56. The van der Waals surface area contributed by atoms with Crippen LogP contribution in [-0.2, 0) is 16.6 Å². The van der Waals surface area contributed by atoms with Crippen molar-refractivity contribution < 1.29 is 8.42 Å². The maximum Gasteiger partial charge on any atom is 0.243 e. The minimum Gasteiger partial charge on any atom is -0.314 e. The van der Waals surface area contributed by atoms with E-state index in [2.05, 4.69) is 15.1 Å². The van der Waals surface area contributed by atoms with Crippen LogP contribution in [0.3, 0.4) is 0 Å². The summed E-state index contributed by atoms with van der Waals surface area (Å²) in [4.78, 5) is 0.238. The average molecular weight is 314 g/mol. The van der Waals surface area contributed by atoms with Crippen molar-refractivity contribution in [2.75, 3.05) is 13.1 Å². The van der Waals surface area contributed by atoms with Crippen LogP contribution in [-0.4, -0.2) is 37.3 Å². The lowest BCUT2D eigenvalue weighted by Gasteiger charge is -2.18. The first-order chi connectivity index (χ1) is 9.76. The van der Waals surface area contributed by atoms with Crippen LogP contribution < -0.4 is 10.0 Å². The lowest BCUT2D eigenvalue weighted by Crippen LogP contribution is -2.32. The highest BCUT2D eigenvalue weighted by Gasteiger charge is 2.21. The Balaban J connectivity index is 1.82. The smallest absolute Gasteiger partial charge is 0.243 e. The molecule has 1 fully saturated rings. The van der Waals surface area contributed by atoms with E-state index >= 15 is 0 Å². The SMILES string of the molecule is CC(C)(C)CNS(=O)(=O)c1cnn(CCCNC2CC2)c1. The molecule has 0 aromatic carbocycles. The molecule has 0 spiro atoms. The molecular weight excluding hydrogens is 288 g/mol. The first kappa shape index (κ1) is 16.5. The number of hydrogen-bond donors (Lipinski definition) is 2. The third-order valence-electron chi connectivity index (χ3n) is 3.29. The molecule has 0 saturated heterocycles.